The SMILES string of the molecule is CC(C)c1nc(-c2ccc(Cl)cc2Br)nc(N)c1Br. The molecular weight excluding hydrogens is 393 g/mol. The Labute approximate surface area is 133 Å². The first-order chi connectivity index (χ1) is 8.90. The van der Waals surface area contributed by atoms with Gasteiger partial charge in [0.05, 0.1) is 10.2 Å². The number of anilines is 1. The topological polar surface area (TPSA) is 51.8 Å². The summed E-state index contributed by atoms with van der Waals surface area (Å²) in [7, 11) is 0. The number of nitrogens with two attached hydrogens (primary N) is 1. The Morgan fingerprint density at radius 3 is 2.47 bits per heavy atom. The van der Waals surface area contributed by atoms with Gasteiger partial charge < -0.3 is 5.73 Å². The minimum Gasteiger partial charge on any atom is -0.383 e. The highest BCUT2D eigenvalue weighted by molar-refractivity contribution is 9.11. The summed E-state index contributed by atoms with van der Waals surface area (Å²) < 4.78 is 1.60. The number of benzene rings is 1. The monoisotopic (exact) mass is 403 g/mol. The molecule has 0 aliphatic rings. The van der Waals surface area contributed by atoms with Crippen LogP contribution >= 0.6 is 43.5 Å². The van der Waals surface area contributed by atoms with E-state index in [0.29, 0.717) is 16.7 Å². The molecule has 0 saturated heterocycles. The Kier molecular flexibility index (Phi) is 4.48. The molecule has 2 rings (SSSR count). The third kappa shape index (κ3) is 3.09. The van der Waals surface area contributed by atoms with Crippen LogP contribution in [-0.4, -0.2) is 9.97 Å². The first kappa shape index (κ1) is 14.8. The van der Waals surface area contributed by atoms with Gasteiger partial charge in [0.15, 0.2) is 5.82 Å². The number of halogens is 3. The maximum Gasteiger partial charge on any atom is 0.162 e. The summed E-state index contributed by atoms with van der Waals surface area (Å²) in [5.41, 5.74) is 7.70. The number of rotatable bonds is 2. The van der Waals surface area contributed by atoms with Gasteiger partial charge in [-0.3, -0.25) is 0 Å². The molecule has 0 radical (unpaired) electrons. The van der Waals surface area contributed by atoms with E-state index in [0.717, 1.165) is 20.2 Å². The fraction of sp³-hybridized carbons (Fsp3) is 0.231. The molecule has 0 spiro atoms. The quantitative estimate of drug-likeness (QED) is 0.763. The summed E-state index contributed by atoms with van der Waals surface area (Å²) in [6.45, 7) is 4.13. The van der Waals surface area contributed by atoms with Crippen LogP contribution in [0.1, 0.15) is 25.5 Å². The second-order valence-electron chi connectivity index (χ2n) is 4.41. The Morgan fingerprint density at radius 1 is 1.21 bits per heavy atom. The van der Waals surface area contributed by atoms with Gasteiger partial charge in [0.25, 0.3) is 0 Å². The predicted octanol–water partition coefficient (Wildman–Crippen LogP) is 5.03. The molecule has 0 fully saturated rings. The fourth-order valence-electron chi connectivity index (χ4n) is 1.66. The molecule has 0 saturated carbocycles. The van der Waals surface area contributed by atoms with Gasteiger partial charge in [-0.25, -0.2) is 9.97 Å². The number of nitrogen functional groups attached to an aromatic ring is 1. The van der Waals surface area contributed by atoms with E-state index in [1.165, 1.54) is 0 Å². The lowest BCUT2D eigenvalue weighted by Crippen LogP contribution is -2.04. The number of hydrogen-bond donors (Lipinski definition) is 1. The lowest BCUT2D eigenvalue weighted by molar-refractivity contribution is 0.811. The van der Waals surface area contributed by atoms with E-state index >= 15 is 0 Å². The Morgan fingerprint density at radius 2 is 1.89 bits per heavy atom. The van der Waals surface area contributed by atoms with Crippen LogP contribution < -0.4 is 5.73 Å². The summed E-state index contributed by atoms with van der Waals surface area (Å²) in [6.07, 6.45) is 0. The molecule has 2 N–H and O–H groups in total. The second kappa shape index (κ2) is 5.77. The normalized spacial score (nSPS) is 11.1. The summed E-state index contributed by atoms with van der Waals surface area (Å²) in [6, 6.07) is 5.49. The molecule has 1 aromatic carbocycles. The van der Waals surface area contributed by atoms with Gasteiger partial charge in [-0.1, -0.05) is 25.4 Å². The Balaban J connectivity index is 2.63. The zero-order valence-electron chi connectivity index (χ0n) is 10.4. The molecule has 0 unspecified atom stereocenters. The van der Waals surface area contributed by atoms with Crippen LogP contribution in [-0.2, 0) is 0 Å². The van der Waals surface area contributed by atoms with Crippen LogP contribution in [0.3, 0.4) is 0 Å². The summed E-state index contributed by atoms with van der Waals surface area (Å²) in [5, 5.41) is 0.657. The van der Waals surface area contributed by atoms with Gasteiger partial charge in [-0.05, 0) is 56.0 Å². The van der Waals surface area contributed by atoms with Crippen molar-refractivity contribution in [1.29, 1.82) is 0 Å². The number of hydrogen-bond acceptors (Lipinski definition) is 3. The van der Waals surface area contributed by atoms with Crippen molar-refractivity contribution >= 4 is 49.3 Å². The highest BCUT2D eigenvalue weighted by Gasteiger charge is 2.15. The van der Waals surface area contributed by atoms with Crippen molar-refractivity contribution < 1.29 is 0 Å². The third-order valence-corrected chi connectivity index (χ3v) is 4.33. The highest BCUT2D eigenvalue weighted by atomic mass is 79.9. The molecule has 3 nitrogen and oxygen atoms in total. The van der Waals surface area contributed by atoms with E-state index in [-0.39, 0.29) is 5.92 Å². The standard InChI is InChI=1S/C13H12Br2ClN3/c1-6(2)11-10(15)12(17)19-13(18-11)8-4-3-7(16)5-9(8)14/h3-6H,1-2H3,(H2,17,18,19). The molecule has 1 heterocycles. The van der Waals surface area contributed by atoms with Gasteiger partial charge in [0.1, 0.15) is 5.82 Å². The van der Waals surface area contributed by atoms with Gasteiger partial charge in [-0.2, -0.15) is 0 Å². The van der Waals surface area contributed by atoms with E-state index in [1.807, 2.05) is 12.1 Å². The fourth-order valence-corrected chi connectivity index (χ4v) is 3.15. The van der Waals surface area contributed by atoms with E-state index in [4.69, 9.17) is 17.3 Å². The van der Waals surface area contributed by atoms with E-state index in [2.05, 4.69) is 55.7 Å². The number of aromatic nitrogens is 2. The van der Waals surface area contributed by atoms with Gasteiger partial charge in [0, 0.05) is 15.1 Å². The first-order valence-electron chi connectivity index (χ1n) is 5.68. The molecule has 100 valence electrons. The smallest absolute Gasteiger partial charge is 0.162 e. The van der Waals surface area contributed by atoms with Gasteiger partial charge >= 0.3 is 0 Å². The molecule has 0 bridgehead atoms. The molecule has 0 atom stereocenters. The van der Waals surface area contributed by atoms with Gasteiger partial charge in [0.2, 0.25) is 0 Å². The molecule has 2 aromatic rings. The lowest BCUT2D eigenvalue weighted by Gasteiger charge is -2.12. The highest BCUT2D eigenvalue weighted by Crippen LogP contribution is 2.33. The van der Waals surface area contributed by atoms with Crippen molar-refractivity contribution in [2.24, 2.45) is 0 Å². The number of nitrogens with zero attached hydrogens (tertiary/aromatic N) is 2. The van der Waals surface area contributed by atoms with Crippen LogP contribution in [0.5, 0.6) is 0 Å². The Hall–Kier alpha value is -0.650. The van der Waals surface area contributed by atoms with Crippen molar-refractivity contribution in [3.8, 4) is 11.4 Å². The van der Waals surface area contributed by atoms with E-state index < -0.39 is 0 Å². The van der Waals surface area contributed by atoms with E-state index in [1.54, 1.807) is 6.07 Å². The zero-order valence-corrected chi connectivity index (χ0v) is 14.3. The maximum atomic E-state index is 5.94. The van der Waals surface area contributed by atoms with Crippen molar-refractivity contribution in [2.75, 3.05) is 5.73 Å². The predicted molar refractivity (Wildman–Crippen MR) is 86.4 cm³/mol. The lowest BCUT2D eigenvalue weighted by atomic mass is 10.1. The molecule has 0 aliphatic carbocycles. The molecular formula is C13H12Br2ClN3. The maximum absolute atomic E-state index is 5.94. The summed E-state index contributed by atoms with van der Waals surface area (Å²) in [5.74, 6) is 1.29. The molecule has 0 amide bonds. The van der Waals surface area contributed by atoms with Crippen molar-refractivity contribution in [3.05, 3.63) is 37.9 Å². The summed E-state index contributed by atoms with van der Waals surface area (Å²) >= 11 is 12.8. The van der Waals surface area contributed by atoms with Crippen molar-refractivity contribution in [1.82, 2.24) is 9.97 Å². The van der Waals surface area contributed by atoms with Crippen LogP contribution in [0.2, 0.25) is 5.02 Å². The van der Waals surface area contributed by atoms with Crippen LogP contribution in [0.15, 0.2) is 27.1 Å². The largest absolute Gasteiger partial charge is 0.383 e. The van der Waals surface area contributed by atoms with Crippen LogP contribution in [0.25, 0.3) is 11.4 Å². The van der Waals surface area contributed by atoms with Crippen molar-refractivity contribution in [3.63, 3.8) is 0 Å². The molecule has 0 aliphatic heterocycles. The van der Waals surface area contributed by atoms with E-state index in [9.17, 15) is 0 Å². The average molecular weight is 406 g/mol. The minimum atomic E-state index is 0.254. The molecule has 19 heavy (non-hydrogen) atoms. The average Bonchev–Trinajstić information content (AvgIpc) is 2.32. The third-order valence-electron chi connectivity index (χ3n) is 2.62. The molecule has 6 heteroatoms. The van der Waals surface area contributed by atoms with Crippen molar-refractivity contribution in [2.45, 2.75) is 19.8 Å². The van der Waals surface area contributed by atoms with Crippen LogP contribution in [0, 0.1) is 0 Å². The zero-order chi connectivity index (χ0) is 14.2. The van der Waals surface area contributed by atoms with Crippen LogP contribution in [0.4, 0.5) is 5.82 Å². The minimum absolute atomic E-state index is 0.254. The summed E-state index contributed by atoms with van der Waals surface area (Å²) in [4.78, 5) is 8.91. The first-order valence-corrected chi connectivity index (χ1v) is 7.65. The molecule has 1 aromatic heterocycles. The Bertz CT molecular complexity index is 630. The second-order valence-corrected chi connectivity index (χ2v) is 6.49. The van der Waals surface area contributed by atoms with Gasteiger partial charge in [-0.15, -0.1) is 0 Å².